The molecule has 0 bridgehead atoms. The highest BCUT2D eigenvalue weighted by Gasteiger charge is 2.36. The van der Waals surface area contributed by atoms with Crippen LogP contribution >= 0.6 is 0 Å². The monoisotopic (exact) mass is 287 g/mol. The van der Waals surface area contributed by atoms with Crippen molar-refractivity contribution >= 4 is 0 Å². The van der Waals surface area contributed by atoms with Crippen LogP contribution in [-0.4, -0.2) is 7.05 Å². The molecule has 0 saturated heterocycles. The molecule has 1 unspecified atom stereocenters. The van der Waals surface area contributed by atoms with Crippen LogP contribution in [0.1, 0.15) is 42.9 Å². The summed E-state index contributed by atoms with van der Waals surface area (Å²) in [5.41, 5.74) is 0.104. The van der Waals surface area contributed by atoms with Crippen LogP contribution in [0.25, 0.3) is 0 Å². The highest BCUT2D eigenvalue weighted by atomic mass is 19.4. The van der Waals surface area contributed by atoms with Crippen molar-refractivity contribution in [1.29, 1.82) is 0 Å². The van der Waals surface area contributed by atoms with E-state index >= 15 is 0 Å². The molecule has 0 radical (unpaired) electrons. The highest BCUT2D eigenvalue weighted by Crippen LogP contribution is 2.38. The number of benzene rings is 1. The van der Waals surface area contributed by atoms with E-state index in [0.717, 1.165) is 49.5 Å². The van der Waals surface area contributed by atoms with E-state index in [2.05, 4.69) is 5.32 Å². The normalized spacial score (nSPS) is 17.8. The Bertz CT molecular complexity index is 505. The van der Waals surface area contributed by atoms with E-state index in [-0.39, 0.29) is 5.56 Å². The number of hydrogen-bond donors (Lipinski definition) is 1. The standard InChI is InChI=1S/C15H17F4N/c1-20-14(10-5-3-2-4-6-10)12-9-11(16)7-8-13(12)15(17,18)19/h5,7-9,14,20H,2-4,6H2,1H3. The fraction of sp³-hybridized carbons (Fsp3) is 0.467. The summed E-state index contributed by atoms with van der Waals surface area (Å²) >= 11 is 0. The first kappa shape index (κ1) is 15.0. The van der Waals surface area contributed by atoms with Gasteiger partial charge >= 0.3 is 6.18 Å². The summed E-state index contributed by atoms with van der Waals surface area (Å²) in [4.78, 5) is 0. The summed E-state index contributed by atoms with van der Waals surface area (Å²) in [5.74, 6) is -0.648. The highest BCUT2D eigenvalue weighted by molar-refractivity contribution is 5.38. The van der Waals surface area contributed by atoms with Crippen LogP contribution in [0.15, 0.2) is 29.8 Å². The van der Waals surface area contributed by atoms with Gasteiger partial charge < -0.3 is 5.32 Å². The van der Waals surface area contributed by atoms with Crippen molar-refractivity contribution in [2.75, 3.05) is 7.05 Å². The smallest absolute Gasteiger partial charge is 0.310 e. The van der Waals surface area contributed by atoms with Gasteiger partial charge in [0.2, 0.25) is 0 Å². The van der Waals surface area contributed by atoms with Gasteiger partial charge in [-0.05, 0) is 56.5 Å². The molecule has 1 aromatic rings. The third-order valence-electron chi connectivity index (χ3n) is 3.62. The maximum atomic E-state index is 13.4. The molecule has 1 N–H and O–H groups in total. The molecule has 0 spiro atoms. The zero-order chi connectivity index (χ0) is 14.8. The van der Waals surface area contributed by atoms with Gasteiger partial charge in [0.25, 0.3) is 0 Å². The maximum Gasteiger partial charge on any atom is 0.416 e. The van der Waals surface area contributed by atoms with Gasteiger partial charge in [-0.2, -0.15) is 13.2 Å². The number of rotatable bonds is 3. The second-order valence-electron chi connectivity index (χ2n) is 4.98. The van der Waals surface area contributed by atoms with E-state index in [1.807, 2.05) is 6.08 Å². The molecule has 1 aliphatic rings. The molecular weight excluding hydrogens is 270 g/mol. The summed E-state index contributed by atoms with van der Waals surface area (Å²) in [6.07, 6.45) is 1.11. The van der Waals surface area contributed by atoms with Gasteiger partial charge in [-0.15, -0.1) is 0 Å². The summed E-state index contributed by atoms with van der Waals surface area (Å²) in [7, 11) is 1.60. The Kier molecular flexibility index (Phi) is 4.48. The molecule has 0 saturated carbocycles. The Morgan fingerprint density at radius 1 is 1.20 bits per heavy atom. The molecule has 20 heavy (non-hydrogen) atoms. The van der Waals surface area contributed by atoms with Gasteiger partial charge in [-0.25, -0.2) is 4.39 Å². The van der Waals surface area contributed by atoms with Crippen LogP contribution in [0, 0.1) is 5.82 Å². The number of halogens is 4. The average Bonchev–Trinajstić information content (AvgIpc) is 2.39. The van der Waals surface area contributed by atoms with Crippen LogP contribution in [0.5, 0.6) is 0 Å². The van der Waals surface area contributed by atoms with E-state index in [0.29, 0.717) is 0 Å². The molecule has 1 aliphatic carbocycles. The van der Waals surface area contributed by atoms with Crippen molar-refractivity contribution in [2.24, 2.45) is 0 Å². The van der Waals surface area contributed by atoms with Crippen molar-refractivity contribution in [3.63, 3.8) is 0 Å². The van der Waals surface area contributed by atoms with Crippen LogP contribution in [0.4, 0.5) is 17.6 Å². The Labute approximate surface area is 115 Å². The topological polar surface area (TPSA) is 12.0 Å². The number of allylic oxidation sites excluding steroid dienone is 1. The zero-order valence-corrected chi connectivity index (χ0v) is 11.2. The molecule has 0 heterocycles. The Hall–Kier alpha value is -1.36. The number of nitrogens with one attached hydrogen (secondary N) is 1. The molecule has 2 rings (SSSR count). The van der Waals surface area contributed by atoms with Gasteiger partial charge in [0.15, 0.2) is 0 Å². The summed E-state index contributed by atoms with van der Waals surface area (Å²) in [5, 5.41) is 2.89. The third kappa shape index (κ3) is 3.20. The largest absolute Gasteiger partial charge is 0.416 e. The van der Waals surface area contributed by atoms with Crippen LogP contribution < -0.4 is 5.32 Å². The van der Waals surface area contributed by atoms with E-state index in [1.54, 1.807) is 7.05 Å². The first-order valence-electron chi connectivity index (χ1n) is 6.66. The minimum Gasteiger partial charge on any atom is -0.310 e. The molecule has 110 valence electrons. The lowest BCUT2D eigenvalue weighted by atomic mass is 9.87. The fourth-order valence-electron chi connectivity index (χ4n) is 2.70. The van der Waals surface area contributed by atoms with E-state index in [1.165, 1.54) is 0 Å². The molecule has 0 aromatic heterocycles. The Morgan fingerprint density at radius 2 is 1.95 bits per heavy atom. The Morgan fingerprint density at radius 3 is 2.50 bits per heavy atom. The Balaban J connectivity index is 2.48. The molecule has 1 nitrogen and oxygen atoms in total. The molecule has 1 aromatic carbocycles. The predicted molar refractivity (Wildman–Crippen MR) is 69.8 cm³/mol. The maximum absolute atomic E-state index is 13.4. The van der Waals surface area contributed by atoms with Crippen molar-refractivity contribution in [1.82, 2.24) is 5.32 Å². The van der Waals surface area contributed by atoms with Crippen LogP contribution in [0.2, 0.25) is 0 Å². The quantitative estimate of drug-likeness (QED) is 0.632. The molecule has 0 aliphatic heterocycles. The first-order chi connectivity index (χ1) is 9.43. The fourth-order valence-corrected chi connectivity index (χ4v) is 2.70. The number of hydrogen-bond acceptors (Lipinski definition) is 1. The predicted octanol–water partition coefficient (Wildman–Crippen LogP) is 4.61. The van der Waals surface area contributed by atoms with Gasteiger partial charge in [0.1, 0.15) is 5.82 Å². The zero-order valence-electron chi connectivity index (χ0n) is 11.2. The van der Waals surface area contributed by atoms with Crippen molar-refractivity contribution in [2.45, 2.75) is 37.9 Å². The SMILES string of the molecule is CNC(C1=CCCCC1)c1cc(F)ccc1C(F)(F)F. The summed E-state index contributed by atoms with van der Waals surface area (Å²) < 4.78 is 52.6. The lowest BCUT2D eigenvalue weighted by molar-refractivity contribution is -0.138. The third-order valence-corrected chi connectivity index (χ3v) is 3.62. The second kappa shape index (κ2) is 5.95. The van der Waals surface area contributed by atoms with Crippen molar-refractivity contribution in [3.05, 3.63) is 46.8 Å². The van der Waals surface area contributed by atoms with Crippen molar-refractivity contribution < 1.29 is 17.6 Å². The first-order valence-corrected chi connectivity index (χ1v) is 6.66. The molecular formula is C15H17F4N. The van der Waals surface area contributed by atoms with Gasteiger partial charge in [-0.3, -0.25) is 0 Å². The lowest BCUT2D eigenvalue weighted by Gasteiger charge is -2.26. The molecule has 1 atom stereocenters. The number of alkyl halides is 3. The van der Waals surface area contributed by atoms with Crippen LogP contribution in [-0.2, 0) is 6.18 Å². The van der Waals surface area contributed by atoms with Gasteiger partial charge in [-0.1, -0.05) is 11.6 Å². The summed E-state index contributed by atoms with van der Waals surface area (Å²) in [6, 6.07) is 2.08. The number of likely N-dealkylation sites (N-methyl/N-ethyl adjacent to an activating group) is 1. The summed E-state index contributed by atoms with van der Waals surface area (Å²) in [6.45, 7) is 0. The van der Waals surface area contributed by atoms with E-state index < -0.39 is 23.6 Å². The van der Waals surface area contributed by atoms with Crippen LogP contribution in [0.3, 0.4) is 0 Å². The average molecular weight is 287 g/mol. The van der Waals surface area contributed by atoms with E-state index in [4.69, 9.17) is 0 Å². The van der Waals surface area contributed by atoms with Gasteiger partial charge in [0.05, 0.1) is 11.6 Å². The molecule has 0 amide bonds. The molecule has 5 heteroatoms. The van der Waals surface area contributed by atoms with E-state index in [9.17, 15) is 17.6 Å². The van der Waals surface area contributed by atoms with Crippen molar-refractivity contribution in [3.8, 4) is 0 Å². The molecule has 0 fully saturated rings. The van der Waals surface area contributed by atoms with Gasteiger partial charge in [0, 0.05) is 0 Å². The second-order valence-corrected chi connectivity index (χ2v) is 4.98. The minimum absolute atomic E-state index is 0.0341. The minimum atomic E-state index is -4.48. The lowest BCUT2D eigenvalue weighted by Crippen LogP contribution is -2.23.